The molecule has 0 N–H and O–H groups in total. The minimum atomic E-state index is -0.0180. The van der Waals surface area contributed by atoms with Crippen molar-refractivity contribution < 1.29 is 4.79 Å². The molecule has 5 heteroatoms. The van der Waals surface area contributed by atoms with Crippen LogP contribution in [-0.4, -0.2) is 31.7 Å². The van der Waals surface area contributed by atoms with Crippen molar-refractivity contribution in [1.82, 2.24) is 4.90 Å². The fourth-order valence-electron chi connectivity index (χ4n) is 3.27. The third-order valence-corrected chi connectivity index (χ3v) is 5.20. The van der Waals surface area contributed by atoms with Crippen molar-refractivity contribution in [1.29, 1.82) is 0 Å². The highest BCUT2D eigenvalue weighted by Gasteiger charge is 2.37. The van der Waals surface area contributed by atoms with Crippen LogP contribution in [0.1, 0.15) is 38.2 Å². The summed E-state index contributed by atoms with van der Waals surface area (Å²) in [4.78, 5) is 13.7. The van der Waals surface area contributed by atoms with E-state index in [9.17, 15) is 4.79 Å². The topological polar surface area (TPSA) is 20.3 Å². The average molecular weight is 325 g/mol. The lowest BCUT2D eigenvalue weighted by Gasteiger charge is -2.43. The van der Waals surface area contributed by atoms with E-state index in [1.165, 1.54) is 5.56 Å². The van der Waals surface area contributed by atoms with Gasteiger partial charge in [-0.15, -0.1) is 0 Å². The zero-order chi connectivity index (χ0) is 15.5. The molecule has 2 rings (SSSR count). The molecule has 1 unspecified atom stereocenters. The molecule has 21 heavy (non-hydrogen) atoms. The number of benzene rings is 1. The lowest BCUT2D eigenvalue weighted by atomic mass is 9.70. The molecule has 0 spiro atoms. The molecule has 1 heterocycles. The van der Waals surface area contributed by atoms with Gasteiger partial charge in [-0.25, -0.2) is 0 Å². The van der Waals surface area contributed by atoms with Gasteiger partial charge >= 0.3 is 0 Å². The lowest BCUT2D eigenvalue weighted by molar-refractivity contribution is -0.131. The third kappa shape index (κ3) is 3.76. The van der Waals surface area contributed by atoms with Gasteiger partial charge in [0.15, 0.2) is 0 Å². The van der Waals surface area contributed by atoms with Crippen LogP contribution in [0.15, 0.2) is 18.2 Å². The number of likely N-dealkylation sites (tertiary alicyclic amines) is 1. The van der Waals surface area contributed by atoms with E-state index in [1.54, 1.807) is 6.92 Å². The number of carbonyl (C=O) groups excluding carboxylic acids is 1. The van der Waals surface area contributed by atoms with Crippen LogP contribution in [0, 0.1) is 0 Å². The van der Waals surface area contributed by atoms with Crippen LogP contribution in [0.5, 0.6) is 0 Å². The quantitative estimate of drug-likeness (QED) is 0.767. The van der Waals surface area contributed by atoms with E-state index in [0.29, 0.717) is 10.0 Å². The number of carbonyl (C=O) groups is 1. The van der Waals surface area contributed by atoms with Crippen LogP contribution in [0.3, 0.4) is 0 Å². The van der Waals surface area contributed by atoms with Gasteiger partial charge in [-0.3, -0.25) is 4.79 Å². The van der Waals surface area contributed by atoms with Crippen LogP contribution in [0.2, 0.25) is 16.4 Å². The minimum Gasteiger partial charge on any atom is -0.342 e. The van der Waals surface area contributed by atoms with Crippen molar-refractivity contribution in [2.75, 3.05) is 13.1 Å². The molecular weight excluding hydrogens is 304 g/mol. The molecule has 1 aliphatic rings. The summed E-state index contributed by atoms with van der Waals surface area (Å²) in [6.45, 7) is 3.26. The van der Waals surface area contributed by atoms with Gasteiger partial charge < -0.3 is 4.90 Å². The van der Waals surface area contributed by atoms with Crippen LogP contribution < -0.4 is 0 Å². The first kappa shape index (κ1) is 16.7. The maximum absolute atomic E-state index is 11.8. The summed E-state index contributed by atoms with van der Waals surface area (Å²) < 4.78 is 0. The molecule has 0 aliphatic carbocycles. The second-order valence-corrected chi connectivity index (χ2v) is 6.72. The van der Waals surface area contributed by atoms with E-state index < -0.39 is 0 Å². The molecule has 1 saturated heterocycles. The second kappa shape index (κ2) is 7.06. The van der Waals surface area contributed by atoms with Crippen molar-refractivity contribution in [2.24, 2.45) is 0 Å². The molecule has 1 aromatic carbocycles. The Kier molecular flexibility index (Phi) is 5.62. The maximum atomic E-state index is 11.8. The van der Waals surface area contributed by atoms with Crippen molar-refractivity contribution in [2.45, 2.75) is 44.3 Å². The highest BCUT2D eigenvalue weighted by Crippen LogP contribution is 2.40. The van der Waals surface area contributed by atoms with Crippen molar-refractivity contribution >= 4 is 37.0 Å². The zero-order valence-electron chi connectivity index (χ0n) is 12.5. The zero-order valence-corrected chi connectivity index (χ0v) is 14.0. The highest BCUT2D eigenvalue weighted by molar-refractivity contribution is 6.42. The van der Waals surface area contributed by atoms with Gasteiger partial charge in [0.2, 0.25) is 5.91 Å². The predicted octanol–water partition coefficient (Wildman–Crippen LogP) is 3.97. The first-order valence-electron chi connectivity index (χ1n) is 7.49. The normalized spacial score (nSPS) is 22.3. The Balaban J connectivity index is 2.35. The summed E-state index contributed by atoms with van der Waals surface area (Å²) in [5, 5.41) is 1.16. The van der Waals surface area contributed by atoms with Gasteiger partial charge in [-0.1, -0.05) is 42.0 Å². The van der Waals surface area contributed by atoms with E-state index in [4.69, 9.17) is 23.2 Å². The summed E-state index contributed by atoms with van der Waals surface area (Å²) in [7, 11) is 3.95. The fourth-order valence-corrected chi connectivity index (χ4v) is 3.57. The predicted molar refractivity (Wildman–Crippen MR) is 90.8 cm³/mol. The molecular formula is C16H21BCl2NO. The summed E-state index contributed by atoms with van der Waals surface area (Å²) in [6.07, 6.45) is 5.08. The number of nitrogens with zero attached hydrogens (tertiary/aromatic N) is 1. The molecule has 1 fully saturated rings. The molecule has 113 valence electrons. The van der Waals surface area contributed by atoms with Gasteiger partial charge in [-0.05, 0) is 37.0 Å². The number of amides is 1. The Morgan fingerprint density at radius 1 is 1.38 bits per heavy atom. The summed E-state index contributed by atoms with van der Waals surface area (Å²) in [5.74, 6) is 0.147. The summed E-state index contributed by atoms with van der Waals surface area (Å²) >= 11 is 12.2. The van der Waals surface area contributed by atoms with Crippen LogP contribution in [0.25, 0.3) is 0 Å². The maximum Gasteiger partial charge on any atom is 0.219 e. The SMILES string of the molecule is [BH]CCCC1(c2ccc(Cl)c(Cl)c2)CCCN(C(C)=O)C1. The van der Waals surface area contributed by atoms with Gasteiger partial charge in [-0.2, -0.15) is 0 Å². The highest BCUT2D eigenvalue weighted by atomic mass is 35.5. The van der Waals surface area contributed by atoms with E-state index in [1.807, 2.05) is 17.0 Å². The van der Waals surface area contributed by atoms with Gasteiger partial charge in [0.1, 0.15) is 0 Å². The van der Waals surface area contributed by atoms with Gasteiger partial charge in [0, 0.05) is 25.4 Å². The number of rotatable bonds is 4. The minimum absolute atomic E-state index is 0.0180. The van der Waals surface area contributed by atoms with E-state index >= 15 is 0 Å². The van der Waals surface area contributed by atoms with Crippen LogP contribution in [0.4, 0.5) is 0 Å². The number of hydrogen-bond acceptors (Lipinski definition) is 1. The van der Waals surface area contributed by atoms with Gasteiger partial charge in [0.25, 0.3) is 0 Å². The Hall–Kier alpha value is -0.665. The van der Waals surface area contributed by atoms with Crippen molar-refractivity contribution in [3.63, 3.8) is 0 Å². The smallest absolute Gasteiger partial charge is 0.219 e. The molecule has 0 saturated carbocycles. The van der Waals surface area contributed by atoms with Crippen molar-refractivity contribution in [3.05, 3.63) is 33.8 Å². The Labute approximate surface area is 138 Å². The molecule has 1 atom stereocenters. The first-order valence-corrected chi connectivity index (χ1v) is 8.24. The molecule has 1 aromatic rings. The monoisotopic (exact) mass is 324 g/mol. The van der Waals surface area contributed by atoms with E-state index in [2.05, 4.69) is 13.9 Å². The molecule has 0 aromatic heterocycles. The summed E-state index contributed by atoms with van der Waals surface area (Å²) in [5.41, 5.74) is 1.17. The van der Waals surface area contributed by atoms with Gasteiger partial charge in [0.05, 0.1) is 17.9 Å². The fraction of sp³-hybridized carbons (Fsp3) is 0.562. The number of halogens is 2. The lowest BCUT2D eigenvalue weighted by Crippen LogP contribution is -2.47. The van der Waals surface area contributed by atoms with Crippen LogP contribution in [-0.2, 0) is 10.2 Å². The molecule has 0 bridgehead atoms. The number of hydrogen-bond donors (Lipinski definition) is 0. The Morgan fingerprint density at radius 3 is 2.76 bits per heavy atom. The molecule has 1 amide bonds. The van der Waals surface area contributed by atoms with E-state index in [0.717, 1.165) is 45.1 Å². The Bertz CT molecular complexity index is 523. The molecule has 1 radical (unpaired) electrons. The largest absolute Gasteiger partial charge is 0.342 e. The van der Waals surface area contributed by atoms with Crippen LogP contribution >= 0.6 is 23.2 Å². The average Bonchev–Trinajstić information content (AvgIpc) is 2.48. The molecule has 1 aliphatic heterocycles. The molecule has 2 nitrogen and oxygen atoms in total. The van der Waals surface area contributed by atoms with Crippen molar-refractivity contribution in [3.8, 4) is 0 Å². The second-order valence-electron chi connectivity index (χ2n) is 5.91. The first-order chi connectivity index (χ1) is 9.98. The standard InChI is InChI=1S/C16H21BCl2NO/c1-12(21)20-9-3-7-16(11-20,6-2-8-17)13-4-5-14(18)15(19)10-13/h4-5,10,17H,2-3,6-9,11H2,1H3. The third-order valence-electron chi connectivity index (χ3n) is 4.46. The number of piperidine rings is 1. The van der Waals surface area contributed by atoms with E-state index in [-0.39, 0.29) is 11.3 Å². The Morgan fingerprint density at radius 2 is 2.14 bits per heavy atom. The summed E-state index contributed by atoms with van der Waals surface area (Å²) in [6, 6.07) is 5.88.